The number of pyridine rings is 1. The van der Waals surface area contributed by atoms with Crippen molar-refractivity contribution in [1.29, 1.82) is 0 Å². The molecule has 2 aromatic heterocycles. The van der Waals surface area contributed by atoms with Gasteiger partial charge in [-0.05, 0) is 43.9 Å². The number of nitrogens with zero attached hydrogens (tertiary/aromatic N) is 4. The van der Waals surface area contributed by atoms with E-state index < -0.39 is 0 Å². The SMILES string of the molecule is Cc1ccc(NCCCNC(=O)C2CCCN2c2ncccn2)nc1. The van der Waals surface area contributed by atoms with Crippen molar-refractivity contribution in [3.8, 4) is 0 Å². The fourth-order valence-corrected chi connectivity index (χ4v) is 2.92. The number of aryl methyl sites for hydroxylation is 1. The van der Waals surface area contributed by atoms with Gasteiger partial charge in [0.15, 0.2) is 0 Å². The Morgan fingerprint density at radius 1 is 1.24 bits per heavy atom. The summed E-state index contributed by atoms with van der Waals surface area (Å²) in [4.78, 5) is 27.3. The van der Waals surface area contributed by atoms with Crippen molar-refractivity contribution in [2.45, 2.75) is 32.2 Å². The van der Waals surface area contributed by atoms with Crippen LogP contribution in [0.2, 0.25) is 0 Å². The van der Waals surface area contributed by atoms with E-state index in [1.807, 2.05) is 30.2 Å². The Bertz CT molecular complexity index is 676. The van der Waals surface area contributed by atoms with E-state index in [1.54, 1.807) is 18.5 Å². The average molecular weight is 340 g/mol. The standard InChI is InChI=1S/C18H24N6O/c1-14-6-7-16(23-13-14)19-8-3-9-20-17(25)15-5-2-12-24(15)18-21-10-4-11-22-18/h4,6-7,10-11,13,15H,2-3,5,8-9,12H2,1H3,(H,19,23)(H,20,25). The van der Waals surface area contributed by atoms with E-state index in [0.717, 1.165) is 43.7 Å². The van der Waals surface area contributed by atoms with Gasteiger partial charge in [0.25, 0.3) is 0 Å². The topological polar surface area (TPSA) is 83.0 Å². The summed E-state index contributed by atoms with van der Waals surface area (Å²) in [7, 11) is 0. The van der Waals surface area contributed by atoms with Gasteiger partial charge in [-0.15, -0.1) is 0 Å². The molecule has 0 bridgehead atoms. The number of carbonyl (C=O) groups is 1. The highest BCUT2D eigenvalue weighted by Crippen LogP contribution is 2.21. The number of amides is 1. The molecule has 3 heterocycles. The minimum atomic E-state index is -0.172. The molecule has 7 nitrogen and oxygen atoms in total. The molecular weight excluding hydrogens is 316 g/mol. The zero-order valence-electron chi connectivity index (χ0n) is 14.5. The molecule has 1 fully saturated rings. The molecule has 0 aromatic carbocycles. The summed E-state index contributed by atoms with van der Waals surface area (Å²) in [6, 6.07) is 5.60. The normalized spacial score (nSPS) is 16.7. The Morgan fingerprint density at radius 3 is 2.84 bits per heavy atom. The minimum Gasteiger partial charge on any atom is -0.370 e. The van der Waals surface area contributed by atoms with Gasteiger partial charge in [0.1, 0.15) is 11.9 Å². The number of carbonyl (C=O) groups excluding carboxylic acids is 1. The summed E-state index contributed by atoms with van der Waals surface area (Å²) in [5, 5.41) is 6.28. The fourth-order valence-electron chi connectivity index (χ4n) is 2.92. The van der Waals surface area contributed by atoms with Crippen LogP contribution in [0, 0.1) is 6.92 Å². The van der Waals surface area contributed by atoms with Gasteiger partial charge in [-0.1, -0.05) is 6.07 Å². The molecule has 0 saturated carbocycles. The highest BCUT2D eigenvalue weighted by molar-refractivity contribution is 5.85. The molecule has 132 valence electrons. The lowest BCUT2D eigenvalue weighted by Crippen LogP contribution is -2.44. The van der Waals surface area contributed by atoms with Crippen molar-refractivity contribution in [2.75, 3.05) is 29.9 Å². The first-order valence-corrected chi connectivity index (χ1v) is 8.72. The van der Waals surface area contributed by atoms with Gasteiger partial charge in [0, 0.05) is 38.2 Å². The van der Waals surface area contributed by atoms with E-state index in [0.29, 0.717) is 12.5 Å². The van der Waals surface area contributed by atoms with Crippen molar-refractivity contribution in [2.24, 2.45) is 0 Å². The summed E-state index contributed by atoms with van der Waals surface area (Å²) < 4.78 is 0. The number of nitrogens with one attached hydrogen (secondary N) is 2. The molecule has 1 unspecified atom stereocenters. The van der Waals surface area contributed by atoms with Crippen LogP contribution < -0.4 is 15.5 Å². The summed E-state index contributed by atoms with van der Waals surface area (Å²) in [5.74, 6) is 1.55. The van der Waals surface area contributed by atoms with E-state index in [9.17, 15) is 4.79 Å². The van der Waals surface area contributed by atoms with Crippen LogP contribution in [-0.4, -0.2) is 46.5 Å². The van der Waals surface area contributed by atoms with Gasteiger partial charge in [-0.3, -0.25) is 4.79 Å². The molecule has 1 aliphatic rings. The van der Waals surface area contributed by atoms with Crippen LogP contribution in [0.4, 0.5) is 11.8 Å². The average Bonchev–Trinajstić information content (AvgIpc) is 3.13. The Kier molecular flexibility index (Phi) is 5.77. The van der Waals surface area contributed by atoms with Gasteiger partial charge >= 0.3 is 0 Å². The predicted octanol–water partition coefficient (Wildman–Crippen LogP) is 1.77. The number of rotatable bonds is 7. The van der Waals surface area contributed by atoms with Gasteiger partial charge in [-0.2, -0.15) is 0 Å². The Labute approximate surface area is 147 Å². The molecule has 1 amide bonds. The van der Waals surface area contributed by atoms with Gasteiger partial charge in [0.05, 0.1) is 0 Å². The van der Waals surface area contributed by atoms with Crippen molar-refractivity contribution < 1.29 is 4.79 Å². The molecule has 0 aliphatic carbocycles. The Morgan fingerprint density at radius 2 is 2.08 bits per heavy atom. The number of hydrogen-bond donors (Lipinski definition) is 2. The predicted molar refractivity (Wildman–Crippen MR) is 97.5 cm³/mol. The summed E-state index contributed by atoms with van der Waals surface area (Å²) in [6.07, 6.45) is 7.92. The minimum absolute atomic E-state index is 0.0541. The first-order valence-electron chi connectivity index (χ1n) is 8.72. The third-order valence-corrected chi connectivity index (χ3v) is 4.23. The van der Waals surface area contributed by atoms with E-state index in [2.05, 4.69) is 25.6 Å². The van der Waals surface area contributed by atoms with Crippen LogP contribution >= 0.6 is 0 Å². The summed E-state index contributed by atoms with van der Waals surface area (Å²) in [5.41, 5.74) is 1.14. The van der Waals surface area contributed by atoms with Gasteiger partial charge in [-0.25, -0.2) is 15.0 Å². The van der Waals surface area contributed by atoms with Gasteiger partial charge < -0.3 is 15.5 Å². The maximum Gasteiger partial charge on any atom is 0.242 e. The van der Waals surface area contributed by atoms with Crippen LogP contribution in [0.5, 0.6) is 0 Å². The third-order valence-electron chi connectivity index (χ3n) is 4.23. The lowest BCUT2D eigenvalue weighted by molar-refractivity contribution is -0.122. The molecule has 7 heteroatoms. The Balaban J connectivity index is 1.40. The van der Waals surface area contributed by atoms with Crippen molar-refractivity contribution in [1.82, 2.24) is 20.3 Å². The van der Waals surface area contributed by atoms with Crippen LogP contribution in [0.3, 0.4) is 0 Å². The highest BCUT2D eigenvalue weighted by Gasteiger charge is 2.31. The maximum absolute atomic E-state index is 12.5. The summed E-state index contributed by atoms with van der Waals surface area (Å²) >= 11 is 0. The van der Waals surface area contributed by atoms with E-state index in [1.165, 1.54) is 0 Å². The molecule has 2 aromatic rings. The van der Waals surface area contributed by atoms with E-state index >= 15 is 0 Å². The first kappa shape index (κ1) is 17.1. The molecule has 2 N–H and O–H groups in total. The number of aromatic nitrogens is 3. The second-order valence-corrected chi connectivity index (χ2v) is 6.19. The van der Waals surface area contributed by atoms with Crippen LogP contribution in [0.25, 0.3) is 0 Å². The zero-order valence-corrected chi connectivity index (χ0v) is 14.5. The smallest absolute Gasteiger partial charge is 0.242 e. The summed E-state index contributed by atoms with van der Waals surface area (Å²) in [6.45, 7) is 4.24. The Hall–Kier alpha value is -2.70. The monoisotopic (exact) mass is 340 g/mol. The van der Waals surface area contributed by atoms with E-state index in [-0.39, 0.29) is 11.9 Å². The van der Waals surface area contributed by atoms with E-state index in [4.69, 9.17) is 0 Å². The molecule has 1 saturated heterocycles. The lowest BCUT2D eigenvalue weighted by atomic mass is 10.2. The van der Waals surface area contributed by atoms with Crippen LogP contribution in [0.15, 0.2) is 36.8 Å². The molecule has 3 rings (SSSR count). The second kappa shape index (κ2) is 8.41. The number of anilines is 2. The molecule has 1 aliphatic heterocycles. The largest absolute Gasteiger partial charge is 0.370 e. The molecule has 25 heavy (non-hydrogen) atoms. The van der Waals surface area contributed by atoms with Crippen LogP contribution in [-0.2, 0) is 4.79 Å². The van der Waals surface area contributed by atoms with Crippen molar-refractivity contribution in [3.05, 3.63) is 42.4 Å². The van der Waals surface area contributed by atoms with Crippen molar-refractivity contribution >= 4 is 17.7 Å². The molecule has 1 atom stereocenters. The quantitative estimate of drug-likeness (QED) is 0.748. The van der Waals surface area contributed by atoms with Crippen molar-refractivity contribution in [3.63, 3.8) is 0 Å². The zero-order chi connectivity index (χ0) is 17.5. The first-order chi connectivity index (χ1) is 12.2. The fraction of sp³-hybridized carbons (Fsp3) is 0.444. The molecule has 0 radical (unpaired) electrons. The molecular formula is C18H24N6O. The second-order valence-electron chi connectivity index (χ2n) is 6.19. The third kappa shape index (κ3) is 4.65. The lowest BCUT2D eigenvalue weighted by Gasteiger charge is -2.23. The highest BCUT2D eigenvalue weighted by atomic mass is 16.2. The van der Waals surface area contributed by atoms with Crippen LogP contribution in [0.1, 0.15) is 24.8 Å². The maximum atomic E-state index is 12.5. The van der Waals surface area contributed by atoms with Gasteiger partial charge in [0.2, 0.25) is 11.9 Å². The number of hydrogen-bond acceptors (Lipinski definition) is 6. The molecule has 0 spiro atoms.